The van der Waals surface area contributed by atoms with E-state index in [1.807, 2.05) is 10.6 Å². The highest BCUT2D eigenvalue weighted by atomic mass is 16.4. The van der Waals surface area contributed by atoms with Gasteiger partial charge in [-0.15, -0.1) is 0 Å². The topological polar surface area (TPSA) is 113 Å². The van der Waals surface area contributed by atoms with Crippen molar-refractivity contribution in [3.05, 3.63) is 41.0 Å². The van der Waals surface area contributed by atoms with E-state index in [1.165, 1.54) is 30.3 Å². The number of carbonyl (C=O) groups excluding carboxylic acids is 3. The summed E-state index contributed by atoms with van der Waals surface area (Å²) in [5, 5.41) is 12.6. The Bertz CT molecular complexity index is 594. The fraction of sp³-hybridized carbons (Fsp3) is 0. The standard InChI is InChI=1S/C12H8N2O5/c15-9-8(10(16)14-12(19)13-9)5-6-1-3-7(4-2-6)11(17)18/h1-5H,(H,17,18)(H2,13,14,15,16,19). The minimum absolute atomic E-state index is 0.0925. The maximum atomic E-state index is 11.4. The van der Waals surface area contributed by atoms with Crippen molar-refractivity contribution < 1.29 is 24.3 Å². The van der Waals surface area contributed by atoms with Crippen LogP contribution in [0.4, 0.5) is 4.79 Å². The molecule has 4 amide bonds. The lowest BCUT2D eigenvalue weighted by molar-refractivity contribution is -0.123. The normalized spacial score (nSPS) is 14.7. The lowest BCUT2D eigenvalue weighted by atomic mass is 10.1. The average Bonchev–Trinajstić information content (AvgIpc) is 2.34. The number of hydrogen-bond donors (Lipinski definition) is 3. The highest BCUT2D eigenvalue weighted by Crippen LogP contribution is 2.11. The van der Waals surface area contributed by atoms with Gasteiger partial charge in [-0.2, -0.15) is 0 Å². The van der Waals surface area contributed by atoms with Gasteiger partial charge in [0.2, 0.25) is 0 Å². The first kappa shape index (κ1) is 12.5. The fourth-order valence-corrected chi connectivity index (χ4v) is 1.49. The van der Waals surface area contributed by atoms with E-state index in [2.05, 4.69) is 0 Å². The van der Waals surface area contributed by atoms with Gasteiger partial charge in [0, 0.05) is 0 Å². The number of amides is 4. The highest BCUT2D eigenvalue weighted by Gasteiger charge is 2.27. The Morgan fingerprint density at radius 3 is 2.00 bits per heavy atom. The van der Waals surface area contributed by atoms with Gasteiger partial charge < -0.3 is 5.11 Å². The molecule has 2 rings (SSSR count). The zero-order valence-corrected chi connectivity index (χ0v) is 9.47. The first-order valence-corrected chi connectivity index (χ1v) is 5.19. The van der Waals surface area contributed by atoms with Gasteiger partial charge in [0.1, 0.15) is 5.57 Å². The van der Waals surface area contributed by atoms with Gasteiger partial charge in [-0.25, -0.2) is 9.59 Å². The van der Waals surface area contributed by atoms with Crippen molar-refractivity contribution >= 4 is 29.9 Å². The third-order valence-electron chi connectivity index (χ3n) is 2.41. The number of hydrogen-bond acceptors (Lipinski definition) is 4. The second-order valence-electron chi connectivity index (χ2n) is 3.72. The molecule has 0 aliphatic carbocycles. The fourth-order valence-electron chi connectivity index (χ4n) is 1.49. The predicted molar refractivity (Wildman–Crippen MR) is 63.1 cm³/mol. The van der Waals surface area contributed by atoms with Gasteiger partial charge in [-0.1, -0.05) is 12.1 Å². The maximum Gasteiger partial charge on any atom is 0.335 e. The maximum absolute atomic E-state index is 11.4. The molecule has 1 heterocycles. The molecule has 7 heteroatoms. The van der Waals surface area contributed by atoms with Crippen molar-refractivity contribution in [1.82, 2.24) is 10.6 Å². The number of carboxylic acids is 1. The van der Waals surface area contributed by atoms with E-state index in [0.717, 1.165) is 0 Å². The lowest BCUT2D eigenvalue weighted by Crippen LogP contribution is -2.51. The summed E-state index contributed by atoms with van der Waals surface area (Å²) in [7, 11) is 0. The molecule has 1 aromatic carbocycles. The molecule has 0 saturated carbocycles. The van der Waals surface area contributed by atoms with E-state index in [9.17, 15) is 19.2 Å². The Hall–Kier alpha value is -2.96. The molecule has 0 radical (unpaired) electrons. The molecule has 1 aliphatic rings. The summed E-state index contributed by atoms with van der Waals surface area (Å²) in [5.74, 6) is -2.66. The van der Waals surface area contributed by atoms with Gasteiger partial charge in [0.15, 0.2) is 0 Å². The van der Waals surface area contributed by atoms with Crippen LogP contribution in [0.25, 0.3) is 6.08 Å². The molecule has 1 aliphatic heterocycles. The van der Waals surface area contributed by atoms with Crippen LogP contribution < -0.4 is 10.6 Å². The number of benzene rings is 1. The number of barbiturate groups is 1. The van der Waals surface area contributed by atoms with Crippen molar-refractivity contribution in [2.45, 2.75) is 0 Å². The average molecular weight is 260 g/mol. The summed E-state index contributed by atoms with van der Waals surface area (Å²) in [6.07, 6.45) is 1.27. The monoisotopic (exact) mass is 260 g/mol. The molecule has 0 bridgehead atoms. The number of carboxylic acid groups (broad SMARTS) is 1. The Labute approximate surface area is 106 Å². The minimum atomic E-state index is -1.07. The molecular weight excluding hydrogens is 252 g/mol. The molecule has 1 saturated heterocycles. The van der Waals surface area contributed by atoms with Gasteiger partial charge in [0.05, 0.1) is 5.56 Å². The van der Waals surface area contributed by atoms with Crippen LogP contribution >= 0.6 is 0 Å². The Balaban J connectivity index is 2.30. The zero-order chi connectivity index (χ0) is 14.0. The number of nitrogens with one attached hydrogen (secondary N) is 2. The Kier molecular flexibility index (Phi) is 3.11. The minimum Gasteiger partial charge on any atom is -0.478 e. The molecule has 0 unspecified atom stereocenters. The van der Waals surface area contributed by atoms with Crippen LogP contribution in [0.5, 0.6) is 0 Å². The van der Waals surface area contributed by atoms with Crippen molar-refractivity contribution in [3.8, 4) is 0 Å². The van der Waals surface area contributed by atoms with Gasteiger partial charge >= 0.3 is 12.0 Å². The second kappa shape index (κ2) is 4.73. The van der Waals surface area contributed by atoms with Crippen LogP contribution in [-0.4, -0.2) is 28.9 Å². The molecule has 96 valence electrons. The summed E-state index contributed by atoms with van der Waals surface area (Å²) in [4.78, 5) is 44.4. The number of rotatable bonds is 2. The largest absolute Gasteiger partial charge is 0.478 e. The van der Waals surface area contributed by atoms with Crippen LogP contribution in [0.1, 0.15) is 15.9 Å². The summed E-state index contributed by atoms with van der Waals surface area (Å²) >= 11 is 0. The van der Waals surface area contributed by atoms with Gasteiger partial charge in [-0.3, -0.25) is 20.2 Å². The van der Waals surface area contributed by atoms with E-state index < -0.39 is 23.8 Å². The summed E-state index contributed by atoms with van der Waals surface area (Å²) in [5.41, 5.74) is 0.345. The summed E-state index contributed by atoms with van der Waals surface area (Å²) < 4.78 is 0. The molecule has 3 N–H and O–H groups in total. The molecule has 19 heavy (non-hydrogen) atoms. The lowest BCUT2D eigenvalue weighted by Gasteiger charge is -2.13. The second-order valence-corrected chi connectivity index (χ2v) is 3.72. The first-order chi connectivity index (χ1) is 8.97. The van der Waals surface area contributed by atoms with Crippen molar-refractivity contribution in [1.29, 1.82) is 0 Å². The van der Waals surface area contributed by atoms with Crippen molar-refractivity contribution in [2.24, 2.45) is 0 Å². The number of urea groups is 1. The SMILES string of the molecule is O=C1NC(=O)C(=Cc2ccc(C(=O)O)cc2)C(=O)N1. The molecule has 1 aromatic rings. The highest BCUT2D eigenvalue weighted by molar-refractivity contribution is 6.31. The van der Waals surface area contributed by atoms with E-state index in [1.54, 1.807) is 0 Å². The molecular formula is C12H8N2O5. The molecule has 0 aromatic heterocycles. The van der Waals surface area contributed by atoms with Crippen molar-refractivity contribution in [2.75, 3.05) is 0 Å². The molecule has 1 fully saturated rings. The van der Waals surface area contributed by atoms with Crippen LogP contribution in [0.2, 0.25) is 0 Å². The quantitative estimate of drug-likeness (QED) is 0.517. The zero-order valence-electron chi connectivity index (χ0n) is 9.47. The van der Waals surface area contributed by atoms with E-state index in [0.29, 0.717) is 5.56 Å². The van der Waals surface area contributed by atoms with Crippen molar-refractivity contribution in [3.63, 3.8) is 0 Å². The van der Waals surface area contributed by atoms with E-state index >= 15 is 0 Å². The third-order valence-corrected chi connectivity index (χ3v) is 2.41. The van der Waals surface area contributed by atoms with Gasteiger partial charge in [0.25, 0.3) is 11.8 Å². The van der Waals surface area contributed by atoms with Crippen LogP contribution in [0, 0.1) is 0 Å². The van der Waals surface area contributed by atoms with Crippen LogP contribution in [0.3, 0.4) is 0 Å². The summed E-state index contributed by atoms with van der Waals surface area (Å²) in [6, 6.07) is 4.73. The molecule has 0 spiro atoms. The van der Waals surface area contributed by atoms with Crippen LogP contribution in [-0.2, 0) is 9.59 Å². The predicted octanol–water partition coefficient (Wildman–Crippen LogP) is 0.134. The molecule has 7 nitrogen and oxygen atoms in total. The summed E-state index contributed by atoms with van der Waals surface area (Å²) in [6.45, 7) is 0. The number of aromatic carboxylic acids is 1. The Morgan fingerprint density at radius 2 is 1.53 bits per heavy atom. The number of carbonyl (C=O) groups is 4. The third kappa shape index (κ3) is 2.65. The smallest absolute Gasteiger partial charge is 0.335 e. The van der Waals surface area contributed by atoms with E-state index in [-0.39, 0.29) is 11.1 Å². The Morgan fingerprint density at radius 1 is 1.00 bits per heavy atom. The number of imide groups is 2. The van der Waals surface area contributed by atoms with Gasteiger partial charge in [-0.05, 0) is 23.8 Å². The first-order valence-electron chi connectivity index (χ1n) is 5.19. The van der Waals surface area contributed by atoms with E-state index in [4.69, 9.17) is 5.11 Å². The molecule has 0 atom stereocenters. The van der Waals surface area contributed by atoms with Crippen LogP contribution in [0.15, 0.2) is 29.8 Å².